The number of carbonyl (C=O) groups is 1. The Kier molecular flexibility index (Phi) is 3.85. The summed E-state index contributed by atoms with van der Waals surface area (Å²) in [5.41, 5.74) is 1.19. The van der Waals surface area contributed by atoms with Crippen LogP contribution < -0.4 is 5.32 Å². The van der Waals surface area contributed by atoms with Crippen molar-refractivity contribution in [2.45, 2.75) is 5.92 Å². The highest BCUT2D eigenvalue weighted by atomic mass is 19.1. The Labute approximate surface area is 142 Å². The minimum absolute atomic E-state index is 0.00364. The van der Waals surface area contributed by atoms with Gasteiger partial charge in [0, 0.05) is 25.0 Å². The molecule has 25 heavy (non-hydrogen) atoms. The number of nitrogens with one attached hydrogen (secondary N) is 1. The van der Waals surface area contributed by atoms with Crippen molar-refractivity contribution in [1.82, 2.24) is 20.0 Å². The Balaban J connectivity index is 1.35. The van der Waals surface area contributed by atoms with Crippen molar-refractivity contribution in [3.05, 3.63) is 60.4 Å². The van der Waals surface area contributed by atoms with E-state index >= 15 is 0 Å². The van der Waals surface area contributed by atoms with Crippen LogP contribution in [0.4, 0.5) is 14.9 Å². The first kappa shape index (κ1) is 15.3. The molecular weight excluding hydrogens is 325 g/mol. The molecule has 1 aliphatic heterocycles. The first-order valence-electron chi connectivity index (χ1n) is 7.75. The average molecular weight is 339 g/mol. The van der Waals surface area contributed by atoms with Crippen molar-refractivity contribution in [1.29, 1.82) is 0 Å². The van der Waals surface area contributed by atoms with Crippen LogP contribution in [-0.2, 0) is 0 Å². The van der Waals surface area contributed by atoms with Gasteiger partial charge in [-0.05, 0) is 36.4 Å². The summed E-state index contributed by atoms with van der Waals surface area (Å²) in [5.74, 6) is 0.586. The minimum Gasteiger partial charge on any atom is -0.338 e. The Hall–Kier alpha value is -3.29. The van der Waals surface area contributed by atoms with Crippen LogP contribution in [0.5, 0.6) is 0 Å². The highest BCUT2D eigenvalue weighted by Gasteiger charge is 2.35. The number of benzene rings is 1. The Bertz CT molecular complexity index is 876. The van der Waals surface area contributed by atoms with Gasteiger partial charge in [-0.25, -0.2) is 9.18 Å². The fraction of sp³-hybridized carbons (Fsp3) is 0.176. The van der Waals surface area contributed by atoms with Crippen LogP contribution in [0.3, 0.4) is 0 Å². The number of nitrogens with zero attached hydrogens (tertiary/aromatic N) is 4. The molecule has 0 bridgehead atoms. The van der Waals surface area contributed by atoms with Gasteiger partial charge in [-0.3, -0.25) is 4.98 Å². The number of urea groups is 1. The number of hydrogen-bond donors (Lipinski definition) is 1. The van der Waals surface area contributed by atoms with E-state index in [0.717, 1.165) is 0 Å². The zero-order chi connectivity index (χ0) is 17.2. The van der Waals surface area contributed by atoms with E-state index in [-0.39, 0.29) is 17.8 Å². The van der Waals surface area contributed by atoms with Crippen LogP contribution in [-0.4, -0.2) is 39.1 Å². The number of amides is 2. The Morgan fingerprint density at radius 1 is 1.20 bits per heavy atom. The quantitative estimate of drug-likeness (QED) is 0.793. The molecule has 0 radical (unpaired) electrons. The standard InChI is InChI=1S/C17H14FN5O2/c18-12-4-6-13(7-5-12)20-17(24)23-9-11(10-23)16-21-15(22-25-16)14-3-1-2-8-19-14/h1-8,11H,9-10H2,(H,20,24). The van der Waals surface area contributed by atoms with Gasteiger partial charge in [0.25, 0.3) is 0 Å². The maximum absolute atomic E-state index is 12.9. The van der Waals surface area contributed by atoms with Gasteiger partial charge in [-0.15, -0.1) is 0 Å². The van der Waals surface area contributed by atoms with Crippen LogP contribution in [0.15, 0.2) is 53.2 Å². The smallest absolute Gasteiger partial charge is 0.321 e. The molecule has 3 heterocycles. The average Bonchev–Trinajstić information content (AvgIpc) is 3.06. The van der Waals surface area contributed by atoms with Gasteiger partial charge in [0.1, 0.15) is 11.5 Å². The molecule has 8 heteroatoms. The fourth-order valence-electron chi connectivity index (χ4n) is 2.54. The van der Waals surface area contributed by atoms with E-state index in [1.165, 1.54) is 24.3 Å². The van der Waals surface area contributed by atoms with Crippen LogP contribution in [0, 0.1) is 5.82 Å². The minimum atomic E-state index is -0.345. The van der Waals surface area contributed by atoms with Crippen molar-refractivity contribution in [2.75, 3.05) is 18.4 Å². The summed E-state index contributed by atoms with van der Waals surface area (Å²) in [5, 5.41) is 6.65. The number of hydrogen-bond acceptors (Lipinski definition) is 5. The van der Waals surface area contributed by atoms with E-state index in [0.29, 0.717) is 36.2 Å². The number of carbonyl (C=O) groups excluding carboxylic acids is 1. The van der Waals surface area contributed by atoms with Crippen molar-refractivity contribution in [3.8, 4) is 11.5 Å². The Morgan fingerprint density at radius 3 is 2.72 bits per heavy atom. The van der Waals surface area contributed by atoms with E-state index < -0.39 is 0 Å². The van der Waals surface area contributed by atoms with E-state index in [9.17, 15) is 9.18 Å². The first-order valence-corrected chi connectivity index (χ1v) is 7.75. The Morgan fingerprint density at radius 2 is 2.00 bits per heavy atom. The summed E-state index contributed by atoms with van der Waals surface area (Å²) in [6, 6.07) is 10.9. The third-order valence-corrected chi connectivity index (χ3v) is 3.95. The molecule has 1 aromatic carbocycles. The van der Waals surface area contributed by atoms with Crippen molar-refractivity contribution in [3.63, 3.8) is 0 Å². The predicted octanol–water partition coefficient (Wildman–Crippen LogP) is 2.90. The molecule has 126 valence electrons. The van der Waals surface area contributed by atoms with E-state index in [4.69, 9.17) is 4.52 Å². The summed E-state index contributed by atoms with van der Waals surface area (Å²) in [6.07, 6.45) is 1.66. The molecule has 1 saturated heterocycles. The van der Waals surface area contributed by atoms with Crippen LogP contribution in [0.25, 0.3) is 11.5 Å². The molecule has 2 amide bonds. The van der Waals surface area contributed by atoms with Crippen LogP contribution in [0.1, 0.15) is 11.8 Å². The number of aromatic nitrogens is 3. The highest BCUT2D eigenvalue weighted by Crippen LogP contribution is 2.27. The van der Waals surface area contributed by atoms with Crippen LogP contribution >= 0.6 is 0 Å². The van der Waals surface area contributed by atoms with Gasteiger partial charge in [0.2, 0.25) is 11.7 Å². The van der Waals surface area contributed by atoms with Crippen molar-refractivity contribution >= 4 is 11.7 Å². The lowest BCUT2D eigenvalue weighted by atomic mass is 10.0. The fourth-order valence-corrected chi connectivity index (χ4v) is 2.54. The molecule has 0 spiro atoms. The lowest BCUT2D eigenvalue weighted by molar-refractivity contribution is 0.147. The van der Waals surface area contributed by atoms with Gasteiger partial charge in [-0.2, -0.15) is 4.98 Å². The molecule has 1 aliphatic rings. The second-order valence-electron chi connectivity index (χ2n) is 5.71. The van der Waals surface area contributed by atoms with Gasteiger partial charge in [0.15, 0.2) is 0 Å². The predicted molar refractivity (Wildman–Crippen MR) is 87.3 cm³/mol. The number of likely N-dealkylation sites (tertiary alicyclic amines) is 1. The second-order valence-corrected chi connectivity index (χ2v) is 5.71. The zero-order valence-corrected chi connectivity index (χ0v) is 13.1. The zero-order valence-electron chi connectivity index (χ0n) is 13.1. The topological polar surface area (TPSA) is 84.2 Å². The summed E-state index contributed by atoms with van der Waals surface area (Å²) in [6.45, 7) is 0.966. The lowest BCUT2D eigenvalue weighted by Gasteiger charge is -2.36. The molecule has 4 rings (SSSR count). The molecule has 7 nitrogen and oxygen atoms in total. The third-order valence-electron chi connectivity index (χ3n) is 3.95. The van der Waals surface area contributed by atoms with E-state index in [2.05, 4.69) is 20.4 Å². The van der Waals surface area contributed by atoms with Crippen molar-refractivity contribution in [2.24, 2.45) is 0 Å². The molecule has 0 atom stereocenters. The number of pyridine rings is 1. The van der Waals surface area contributed by atoms with Crippen LogP contribution in [0.2, 0.25) is 0 Å². The maximum atomic E-state index is 12.9. The largest absolute Gasteiger partial charge is 0.338 e. The molecule has 3 aromatic rings. The molecular formula is C17H14FN5O2. The molecule has 1 N–H and O–H groups in total. The normalized spacial score (nSPS) is 14.2. The number of anilines is 1. The van der Waals surface area contributed by atoms with Gasteiger partial charge < -0.3 is 14.7 Å². The summed E-state index contributed by atoms with van der Waals surface area (Å²) in [7, 11) is 0. The SMILES string of the molecule is O=C(Nc1ccc(F)cc1)N1CC(c2nc(-c3ccccn3)no2)C1. The van der Waals surface area contributed by atoms with Crippen molar-refractivity contribution < 1.29 is 13.7 Å². The lowest BCUT2D eigenvalue weighted by Crippen LogP contribution is -2.50. The molecule has 2 aromatic heterocycles. The van der Waals surface area contributed by atoms with E-state index in [1.54, 1.807) is 17.2 Å². The van der Waals surface area contributed by atoms with Gasteiger partial charge >= 0.3 is 6.03 Å². The molecule has 0 unspecified atom stereocenters. The molecule has 0 aliphatic carbocycles. The van der Waals surface area contributed by atoms with Gasteiger partial charge in [-0.1, -0.05) is 11.2 Å². The summed E-state index contributed by atoms with van der Waals surface area (Å²) < 4.78 is 18.2. The molecule has 1 fully saturated rings. The molecule has 0 saturated carbocycles. The summed E-state index contributed by atoms with van der Waals surface area (Å²) in [4.78, 5) is 22.3. The number of halogens is 1. The monoisotopic (exact) mass is 339 g/mol. The first-order chi connectivity index (χ1) is 12.2. The number of rotatable bonds is 3. The second kappa shape index (κ2) is 6.31. The van der Waals surface area contributed by atoms with Gasteiger partial charge in [0.05, 0.1) is 5.92 Å². The maximum Gasteiger partial charge on any atom is 0.321 e. The summed E-state index contributed by atoms with van der Waals surface area (Å²) >= 11 is 0. The third kappa shape index (κ3) is 3.18. The highest BCUT2D eigenvalue weighted by molar-refractivity contribution is 5.89. The van der Waals surface area contributed by atoms with E-state index in [1.807, 2.05) is 12.1 Å².